The molecule has 1 aromatic rings. The lowest BCUT2D eigenvalue weighted by molar-refractivity contribution is -0.0641. The average molecular weight is 528 g/mol. The van der Waals surface area contributed by atoms with E-state index in [2.05, 4.69) is 47.1 Å². The van der Waals surface area contributed by atoms with Crippen molar-refractivity contribution in [3.63, 3.8) is 0 Å². The average Bonchev–Trinajstić information content (AvgIpc) is 3.15. The van der Waals surface area contributed by atoms with Crippen LogP contribution >= 0.6 is 8.53 Å². The minimum Gasteiger partial charge on any atom is -0.379 e. The number of aromatic amines is 1. The number of ether oxygens (including phenoxy) is 3. The molecule has 2 saturated heterocycles. The van der Waals surface area contributed by atoms with Gasteiger partial charge in [-0.15, -0.1) is 0 Å². The standard InChI is InChI=1S/C23H38N5O7P/c1-16(2)28(17(3)4)36(33-12-8-24-5)35-20-18(15-26-10-13-32-14-11-26)34-22(21(20)31-6)27-9-7-19(29)25-23(27)30/h7,9,16-18,20-22H,8,10-15H2,1-4,6H3,(H,25,29,30)/t18-,20?,21+,22-,36?/m1/s1. The van der Waals surface area contributed by atoms with Gasteiger partial charge in [-0.2, -0.15) is 0 Å². The van der Waals surface area contributed by atoms with E-state index in [0.29, 0.717) is 19.8 Å². The zero-order valence-corrected chi connectivity index (χ0v) is 22.6. The van der Waals surface area contributed by atoms with Crippen LogP contribution in [0.5, 0.6) is 0 Å². The first-order chi connectivity index (χ1) is 17.3. The summed E-state index contributed by atoms with van der Waals surface area (Å²) in [6.07, 6.45) is -1.04. The highest BCUT2D eigenvalue weighted by atomic mass is 31.2. The van der Waals surface area contributed by atoms with Crippen molar-refractivity contribution in [2.45, 2.75) is 64.3 Å². The Bertz CT molecular complexity index is 967. The van der Waals surface area contributed by atoms with E-state index in [4.69, 9.17) is 29.8 Å². The van der Waals surface area contributed by atoms with Crippen LogP contribution < -0.4 is 11.2 Å². The van der Waals surface area contributed by atoms with Crippen molar-refractivity contribution in [1.82, 2.24) is 19.1 Å². The van der Waals surface area contributed by atoms with Gasteiger partial charge in [0.25, 0.3) is 14.1 Å². The lowest BCUT2D eigenvalue weighted by Gasteiger charge is -2.38. The predicted molar refractivity (Wildman–Crippen MR) is 135 cm³/mol. The molecule has 5 atom stereocenters. The van der Waals surface area contributed by atoms with Gasteiger partial charge in [-0.3, -0.25) is 19.2 Å². The Labute approximate surface area is 213 Å². The van der Waals surface area contributed by atoms with E-state index in [1.54, 1.807) is 7.11 Å². The molecule has 0 spiro atoms. The van der Waals surface area contributed by atoms with Gasteiger partial charge in [0.2, 0.25) is 6.54 Å². The minimum atomic E-state index is -1.57. The maximum Gasteiger partial charge on any atom is 0.330 e. The van der Waals surface area contributed by atoms with Gasteiger partial charge in [0.15, 0.2) is 6.23 Å². The molecule has 12 nitrogen and oxygen atoms in total. The van der Waals surface area contributed by atoms with Crippen molar-refractivity contribution in [1.29, 1.82) is 0 Å². The molecule has 1 N–H and O–H groups in total. The largest absolute Gasteiger partial charge is 0.379 e. The Morgan fingerprint density at radius 2 is 1.92 bits per heavy atom. The summed E-state index contributed by atoms with van der Waals surface area (Å²) in [6, 6.07) is 1.53. The zero-order valence-electron chi connectivity index (χ0n) is 21.7. The summed E-state index contributed by atoms with van der Waals surface area (Å²) in [5.41, 5.74) is -1.07. The van der Waals surface area contributed by atoms with Crippen LogP contribution in [0.4, 0.5) is 0 Å². The fourth-order valence-electron chi connectivity index (χ4n) is 4.52. The summed E-state index contributed by atoms with van der Waals surface area (Å²) in [5, 5.41) is 0. The first kappa shape index (κ1) is 28.9. The predicted octanol–water partition coefficient (Wildman–Crippen LogP) is 1.45. The summed E-state index contributed by atoms with van der Waals surface area (Å²) in [6.45, 7) is 19.2. The Morgan fingerprint density at radius 3 is 2.50 bits per heavy atom. The molecule has 36 heavy (non-hydrogen) atoms. The summed E-state index contributed by atoms with van der Waals surface area (Å²) in [7, 11) is -0.0153. The molecular weight excluding hydrogens is 489 g/mol. The quantitative estimate of drug-likeness (QED) is 0.245. The van der Waals surface area contributed by atoms with Crippen LogP contribution in [0.15, 0.2) is 21.9 Å². The number of nitrogens with zero attached hydrogens (tertiary/aromatic N) is 4. The highest BCUT2D eigenvalue weighted by Gasteiger charge is 2.50. The van der Waals surface area contributed by atoms with E-state index < -0.39 is 44.3 Å². The number of methoxy groups -OCH3 is 1. The number of aromatic nitrogens is 2. The zero-order chi connectivity index (χ0) is 26.2. The van der Waals surface area contributed by atoms with Crippen molar-refractivity contribution in [3.05, 3.63) is 44.5 Å². The van der Waals surface area contributed by atoms with Crippen LogP contribution in [0, 0.1) is 6.57 Å². The van der Waals surface area contributed by atoms with Crippen molar-refractivity contribution in [2.24, 2.45) is 0 Å². The third kappa shape index (κ3) is 7.21. The summed E-state index contributed by atoms with van der Waals surface area (Å²) in [4.78, 5) is 32.2. The molecule has 0 aromatic carbocycles. The van der Waals surface area contributed by atoms with Gasteiger partial charge in [-0.1, -0.05) is 0 Å². The lowest BCUT2D eigenvalue weighted by Crippen LogP contribution is -2.46. The van der Waals surface area contributed by atoms with E-state index in [0.717, 1.165) is 13.1 Å². The van der Waals surface area contributed by atoms with Gasteiger partial charge < -0.3 is 28.1 Å². The summed E-state index contributed by atoms with van der Waals surface area (Å²) < 4.78 is 34.1. The molecule has 0 saturated carbocycles. The smallest absolute Gasteiger partial charge is 0.330 e. The first-order valence-electron chi connectivity index (χ1n) is 12.3. The summed E-state index contributed by atoms with van der Waals surface area (Å²) in [5.74, 6) is 0. The highest BCUT2D eigenvalue weighted by Crippen LogP contribution is 2.50. The van der Waals surface area contributed by atoms with Crippen LogP contribution in [0.25, 0.3) is 4.85 Å². The molecule has 0 amide bonds. The molecule has 3 rings (SSSR count). The molecule has 2 fully saturated rings. The second-order valence-electron chi connectivity index (χ2n) is 9.29. The summed E-state index contributed by atoms with van der Waals surface area (Å²) >= 11 is 0. The third-order valence-electron chi connectivity index (χ3n) is 6.09. The van der Waals surface area contributed by atoms with E-state index in [-0.39, 0.29) is 25.2 Å². The van der Waals surface area contributed by atoms with Crippen molar-refractivity contribution in [2.75, 3.05) is 53.1 Å². The van der Waals surface area contributed by atoms with Crippen LogP contribution in [0.2, 0.25) is 0 Å². The number of H-pyrrole nitrogens is 1. The van der Waals surface area contributed by atoms with Gasteiger partial charge in [0.1, 0.15) is 24.9 Å². The van der Waals surface area contributed by atoms with Crippen molar-refractivity contribution in [3.8, 4) is 0 Å². The normalized spacial score (nSPS) is 26.1. The fourth-order valence-corrected chi connectivity index (χ4v) is 6.28. The SMILES string of the molecule is [C-]#[N+]CCOP(OC1[C@@H](CN2CCOCC2)O[C@@H](n2ccc(=O)[nH]c2=O)[C@H]1OC)N(C(C)C)C(C)C. The van der Waals surface area contributed by atoms with Crippen LogP contribution in [-0.2, 0) is 23.3 Å². The number of hydrogen-bond acceptors (Lipinski definition) is 9. The lowest BCUT2D eigenvalue weighted by atomic mass is 10.1. The number of rotatable bonds is 12. The molecule has 0 radical (unpaired) electrons. The Balaban J connectivity index is 1.94. The highest BCUT2D eigenvalue weighted by molar-refractivity contribution is 7.44. The molecule has 202 valence electrons. The molecule has 2 aliphatic rings. The molecule has 3 heterocycles. The second-order valence-corrected chi connectivity index (χ2v) is 10.7. The Morgan fingerprint density at radius 1 is 1.22 bits per heavy atom. The van der Waals surface area contributed by atoms with E-state index in [1.165, 1.54) is 16.8 Å². The third-order valence-corrected chi connectivity index (χ3v) is 8.22. The van der Waals surface area contributed by atoms with E-state index >= 15 is 0 Å². The van der Waals surface area contributed by atoms with Gasteiger partial charge in [-0.25, -0.2) is 16.0 Å². The number of nitrogens with one attached hydrogen (secondary N) is 1. The monoisotopic (exact) mass is 527 g/mol. The molecule has 0 bridgehead atoms. The fraction of sp³-hybridized carbons (Fsp3) is 0.783. The number of morpholine rings is 1. The number of hydrogen-bond donors (Lipinski definition) is 1. The molecule has 13 heteroatoms. The maximum absolute atomic E-state index is 12.6. The van der Waals surface area contributed by atoms with E-state index in [1.807, 2.05) is 0 Å². The molecule has 2 unspecified atom stereocenters. The minimum absolute atomic E-state index is 0.127. The Hall–Kier alpha value is -1.68. The Kier molecular flexibility index (Phi) is 11.0. The van der Waals surface area contributed by atoms with Crippen LogP contribution in [0.3, 0.4) is 0 Å². The molecular formula is C23H38N5O7P. The van der Waals surface area contributed by atoms with Crippen LogP contribution in [-0.4, -0.2) is 103 Å². The molecule has 2 aliphatic heterocycles. The molecule has 0 aliphatic carbocycles. The first-order valence-corrected chi connectivity index (χ1v) is 13.4. The van der Waals surface area contributed by atoms with Gasteiger partial charge >= 0.3 is 5.69 Å². The van der Waals surface area contributed by atoms with Crippen LogP contribution in [0.1, 0.15) is 33.9 Å². The van der Waals surface area contributed by atoms with Crippen molar-refractivity contribution < 1.29 is 23.3 Å². The van der Waals surface area contributed by atoms with Gasteiger partial charge in [0.05, 0.1) is 13.2 Å². The maximum atomic E-state index is 12.6. The van der Waals surface area contributed by atoms with Crippen molar-refractivity contribution >= 4 is 8.53 Å². The van der Waals surface area contributed by atoms with Gasteiger partial charge in [0, 0.05) is 51.1 Å². The molecule has 1 aromatic heterocycles. The second kappa shape index (κ2) is 13.7. The topological polar surface area (TPSA) is 112 Å². The van der Waals surface area contributed by atoms with Gasteiger partial charge in [-0.05, 0) is 27.7 Å². The van der Waals surface area contributed by atoms with E-state index in [9.17, 15) is 9.59 Å².